The van der Waals surface area contributed by atoms with Gasteiger partial charge in [0.15, 0.2) is 17.3 Å². The molecular formula is C21H19NO5. The smallest absolute Gasteiger partial charge is 0.291 e. The van der Waals surface area contributed by atoms with Gasteiger partial charge in [-0.3, -0.25) is 4.79 Å². The van der Waals surface area contributed by atoms with Gasteiger partial charge in [-0.25, -0.2) is 0 Å². The van der Waals surface area contributed by atoms with Gasteiger partial charge < -0.3 is 23.9 Å². The number of carbonyl (C=O) groups is 1. The molecule has 6 heteroatoms. The molecule has 0 bridgehead atoms. The number of furan rings is 1. The molecule has 138 valence electrons. The molecule has 1 amide bonds. The Hall–Kier alpha value is -3.41. The van der Waals surface area contributed by atoms with Crippen LogP contribution in [0.3, 0.4) is 0 Å². The van der Waals surface area contributed by atoms with Gasteiger partial charge in [-0.1, -0.05) is 18.2 Å². The lowest BCUT2D eigenvalue weighted by Crippen LogP contribution is -2.29. The summed E-state index contributed by atoms with van der Waals surface area (Å²) in [6.45, 7) is 3.89. The van der Waals surface area contributed by atoms with Crippen molar-refractivity contribution in [2.75, 3.05) is 5.32 Å². The van der Waals surface area contributed by atoms with E-state index in [0.717, 1.165) is 5.75 Å². The normalized spacial score (nSPS) is 14.0. The van der Waals surface area contributed by atoms with E-state index in [1.807, 2.05) is 44.2 Å². The van der Waals surface area contributed by atoms with Crippen LogP contribution in [-0.4, -0.2) is 11.7 Å². The molecule has 1 N–H and O–H groups in total. The van der Waals surface area contributed by atoms with Crippen molar-refractivity contribution in [1.82, 2.24) is 0 Å². The molecule has 0 saturated carbocycles. The number of hydrogen-bond donors (Lipinski definition) is 1. The molecule has 3 aromatic rings. The number of anilines is 1. The molecule has 0 spiro atoms. The van der Waals surface area contributed by atoms with Crippen LogP contribution in [0.25, 0.3) is 0 Å². The number of benzene rings is 2. The molecule has 0 radical (unpaired) electrons. The van der Waals surface area contributed by atoms with Crippen molar-refractivity contribution < 1.29 is 23.4 Å². The first-order valence-corrected chi connectivity index (χ1v) is 8.58. The molecule has 0 aliphatic carbocycles. The Morgan fingerprint density at radius 3 is 2.63 bits per heavy atom. The Morgan fingerprint density at radius 1 is 1.04 bits per heavy atom. The maximum atomic E-state index is 12.6. The first-order valence-electron chi connectivity index (χ1n) is 8.58. The highest BCUT2D eigenvalue weighted by atomic mass is 16.7. The lowest BCUT2D eigenvalue weighted by atomic mass is 10.2. The first kappa shape index (κ1) is 17.0. The minimum atomic E-state index is -0.714. The van der Waals surface area contributed by atoms with E-state index in [-0.39, 0.29) is 18.3 Å². The summed E-state index contributed by atoms with van der Waals surface area (Å²) in [4.78, 5) is 12.6. The number of amides is 1. The summed E-state index contributed by atoms with van der Waals surface area (Å²) in [5.41, 5.74) is 1.25. The molecule has 2 heterocycles. The fraction of sp³-hybridized carbons (Fsp3) is 0.190. The quantitative estimate of drug-likeness (QED) is 0.714. The maximum Gasteiger partial charge on any atom is 0.291 e. The topological polar surface area (TPSA) is 69.9 Å². The molecule has 0 unspecified atom stereocenters. The van der Waals surface area contributed by atoms with Crippen molar-refractivity contribution in [2.24, 2.45) is 0 Å². The Balaban J connectivity index is 1.45. The molecule has 1 aromatic heterocycles. The molecule has 1 aliphatic heterocycles. The van der Waals surface area contributed by atoms with E-state index in [1.165, 1.54) is 6.26 Å². The van der Waals surface area contributed by atoms with Gasteiger partial charge in [0.25, 0.3) is 5.91 Å². The number of nitrogens with one attached hydrogen (secondary N) is 1. The van der Waals surface area contributed by atoms with E-state index < -0.39 is 5.79 Å². The first-order chi connectivity index (χ1) is 13.0. The minimum Gasteiger partial charge on any atom is -0.489 e. The second-order valence-corrected chi connectivity index (χ2v) is 6.60. The number of fused-ring (bicyclic) bond motifs is 1. The average molecular weight is 365 g/mol. The molecule has 1 aliphatic rings. The number of rotatable bonds is 5. The molecule has 0 saturated heterocycles. The van der Waals surface area contributed by atoms with Gasteiger partial charge in [0, 0.05) is 31.2 Å². The standard InChI is InChI=1S/C21H19NO5/c1-21(2)26-17-9-8-15(12-18(17)27-21)22-20(23)19-14(10-11-24-19)13-25-16-6-4-3-5-7-16/h3-12H,13H2,1-2H3,(H,22,23). The third-order valence-electron chi connectivity index (χ3n) is 4.00. The highest BCUT2D eigenvalue weighted by molar-refractivity contribution is 6.03. The zero-order valence-electron chi connectivity index (χ0n) is 15.0. The van der Waals surface area contributed by atoms with Crippen LogP contribution in [0.2, 0.25) is 0 Å². The summed E-state index contributed by atoms with van der Waals surface area (Å²) in [6, 6.07) is 16.4. The van der Waals surface area contributed by atoms with Crippen LogP contribution in [-0.2, 0) is 6.61 Å². The van der Waals surface area contributed by atoms with E-state index in [9.17, 15) is 4.79 Å². The van der Waals surface area contributed by atoms with Crippen molar-refractivity contribution in [3.8, 4) is 17.2 Å². The Bertz CT molecular complexity index is 962. The summed E-state index contributed by atoms with van der Waals surface area (Å²) in [6.07, 6.45) is 1.47. The largest absolute Gasteiger partial charge is 0.489 e. The van der Waals surface area contributed by atoms with E-state index in [0.29, 0.717) is 22.7 Å². The van der Waals surface area contributed by atoms with Crippen LogP contribution in [0.15, 0.2) is 65.3 Å². The number of carbonyl (C=O) groups excluding carboxylic acids is 1. The Morgan fingerprint density at radius 2 is 1.81 bits per heavy atom. The molecule has 27 heavy (non-hydrogen) atoms. The highest BCUT2D eigenvalue weighted by Gasteiger charge is 2.31. The van der Waals surface area contributed by atoms with Crippen LogP contribution in [0.1, 0.15) is 30.0 Å². The van der Waals surface area contributed by atoms with Gasteiger partial charge in [0.2, 0.25) is 5.79 Å². The lowest BCUT2D eigenvalue weighted by molar-refractivity contribution is -0.0431. The van der Waals surface area contributed by atoms with Crippen molar-refractivity contribution in [1.29, 1.82) is 0 Å². The van der Waals surface area contributed by atoms with Crippen LogP contribution in [0.5, 0.6) is 17.2 Å². The fourth-order valence-corrected chi connectivity index (χ4v) is 2.81. The third-order valence-corrected chi connectivity index (χ3v) is 4.00. The van der Waals surface area contributed by atoms with Gasteiger partial charge in [-0.05, 0) is 30.3 Å². The molecule has 2 aromatic carbocycles. The summed E-state index contributed by atoms with van der Waals surface area (Å²) < 4.78 is 22.4. The predicted octanol–water partition coefficient (Wildman–Crippen LogP) is 4.62. The molecule has 0 fully saturated rings. The molecule has 0 atom stereocenters. The summed E-state index contributed by atoms with van der Waals surface area (Å²) in [5, 5.41) is 2.82. The second kappa shape index (κ2) is 6.72. The van der Waals surface area contributed by atoms with E-state index in [1.54, 1.807) is 24.3 Å². The third kappa shape index (κ3) is 3.74. The highest BCUT2D eigenvalue weighted by Crippen LogP contribution is 2.40. The Labute approximate surface area is 156 Å². The SMILES string of the molecule is CC1(C)Oc2ccc(NC(=O)c3occc3COc3ccccc3)cc2O1. The maximum absolute atomic E-state index is 12.6. The number of para-hydroxylation sites is 1. The predicted molar refractivity (Wildman–Crippen MR) is 99.2 cm³/mol. The van der Waals surface area contributed by atoms with Crippen LogP contribution in [0, 0.1) is 0 Å². The monoisotopic (exact) mass is 365 g/mol. The van der Waals surface area contributed by atoms with Crippen LogP contribution < -0.4 is 19.5 Å². The zero-order chi connectivity index (χ0) is 18.9. The van der Waals surface area contributed by atoms with Crippen LogP contribution >= 0.6 is 0 Å². The van der Waals surface area contributed by atoms with E-state index in [2.05, 4.69) is 5.32 Å². The minimum absolute atomic E-state index is 0.212. The summed E-state index contributed by atoms with van der Waals surface area (Å²) >= 11 is 0. The molecule has 6 nitrogen and oxygen atoms in total. The Kier molecular flexibility index (Phi) is 4.24. The molecule has 4 rings (SSSR count). The van der Waals surface area contributed by atoms with Crippen LogP contribution in [0.4, 0.5) is 5.69 Å². The van der Waals surface area contributed by atoms with Gasteiger partial charge >= 0.3 is 0 Å². The van der Waals surface area contributed by atoms with E-state index in [4.69, 9.17) is 18.6 Å². The van der Waals surface area contributed by atoms with Gasteiger partial charge in [-0.2, -0.15) is 0 Å². The summed E-state index contributed by atoms with van der Waals surface area (Å²) in [5.74, 6) is 1.10. The van der Waals surface area contributed by atoms with Crippen molar-refractivity contribution in [2.45, 2.75) is 26.2 Å². The van der Waals surface area contributed by atoms with Gasteiger partial charge in [-0.15, -0.1) is 0 Å². The van der Waals surface area contributed by atoms with E-state index >= 15 is 0 Å². The number of hydrogen-bond acceptors (Lipinski definition) is 5. The summed E-state index contributed by atoms with van der Waals surface area (Å²) in [7, 11) is 0. The van der Waals surface area contributed by atoms with Gasteiger partial charge in [0.1, 0.15) is 12.4 Å². The van der Waals surface area contributed by atoms with Crippen molar-refractivity contribution in [3.05, 3.63) is 72.2 Å². The average Bonchev–Trinajstić information content (AvgIpc) is 3.23. The zero-order valence-corrected chi connectivity index (χ0v) is 15.0. The van der Waals surface area contributed by atoms with Crippen molar-refractivity contribution >= 4 is 11.6 Å². The second-order valence-electron chi connectivity index (χ2n) is 6.60. The lowest BCUT2D eigenvalue weighted by Gasteiger charge is -2.16. The van der Waals surface area contributed by atoms with Gasteiger partial charge in [0.05, 0.1) is 6.26 Å². The fourth-order valence-electron chi connectivity index (χ4n) is 2.81. The van der Waals surface area contributed by atoms with Crippen molar-refractivity contribution in [3.63, 3.8) is 0 Å². The molecular weight excluding hydrogens is 346 g/mol. The number of ether oxygens (including phenoxy) is 3.